The van der Waals surface area contributed by atoms with Crippen LogP contribution in [0.5, 0.6) is 5.75 Å². The molecule has 1 rings (SSSR count). The molecule has 0 amide bonds. The van der Waals surface area contributed by atoms with Crippen molar-refractivity contribution in [1.82, 2.24) is 0 Å². The Hall–Kier alpha value is -2.11. The Bertz CT molecular complexity index is 428. The molecule has 15 heavy (non-hydrogen) atoms. The molecule has 0 atom stereocenters. The minimum absolute atomic E-state index is 0.0440. The molecule has 0 saturated heterocycles. The molecule has 1 aromatic rings. The van der Waals surface area contributed by atoms with Gasteiger partial charge in [-0.25, -0.2) is 0 Å². The molecule has 0 radical (unpaired) electrons. The van der Waals surface area contributed by atoms with Crippen LogP contribution in [0.15, 0.2) is 12.1 Å². The minimum atomic E-state index is -0.666. The molecule has 0 bridgehead atoms. The number of ketones is 1. The lowest BCUT2D eigenvalue weighted by atomic mass is 10.1. The van der Waals surface area contributed by atoms with Gasteiger partial charge in [0.05, 0.1) is 12.0 Å². The predicted molar refractivity (Wildman–Crippen MR) is 54.1 cm³/mol. The van der Waals surface area contributed by atoms with Gasteiger partial charge in [-0.2, -0.15) is 0 Å². The molecule has 0 fully saturated rings. The number of anilines is 1. The number of nitrogens with two attached hydrogens (primary N) is 1. The van der Waals surface area contributed by atoms with Crippen LogP contribution < -0.4 is 10.5 Å². The number of ether oxygens (including phenoxy) is 1. The number of nitro groups is 1. The van der Waals surface area contributed by atoms with E-state index in [1.807, 2.05) is 0 Å². The summed E-state index contributed by atoms with van der Waals surface area (Å²) in [7, 11) is 1.30. The zero-order chi connectivity index (χ0) is 11.6. The van der Waals surface area contributed by atoms with Crippen LogP contribution in [0.25, 0.3) is 0 Å². The van der Waals surface area contributed by atoms with Crippen molar-refractivity contribution >= 4 is 17.2 Å². The van der Waals surface area contributed by atoms with Crippen molar-refractivity contribution in [3.05, 3.63) is 27.8 Å². The van der Waals surface area contributed by atoms with Gasteiger partial charge in [0.25, 0.3) is 0 Å². The Balaban J connectivity index is 3.49. The van der Waals surface area contributed by atoms with Gasteiger partial charge in [0, 0.05) is 5.56 Å². The number of carbonyl (C=O) groups is 1. The molecule has 0 heterocycles. The number of nitrogens with zero attached hydrogens (tertiary/aromatic N) is 1. The fraction of sp³-hybridized carbons (Fsp3) is 0.222. The van der Waals surface area contributed by atoms with E-state index in [-0.39, 0.29) is 28.5 Å². The van der Waals surface area contributed by atoms with Crippen molar-refractivity contribution in [3.8, 4) is 5.75 Å². The van der Waals surface area contributed by atoms with Gasteiger partial charge in [-0.15, -0.1) is 0 Å². The van der Waals surface area contributed by atoms with Gasteiger partial charge in [-0.1, -0.05) is 0 Å². The van der Waals surface area contributed by atoms with Crippen LogP contribution in [0.4, 0.5) is 11.4 Å². The number of Topliss-reactive ketones (excluding diaryl/α,β-unsaturated/α-hetero) is 1. The number of nitro benzene ring substituents is 1. The van der Waals surface area contributed by atoms with E-state index in [9.17, 15) is 14.9 Å². The number of methoxy groups -OCH3 is 1. The third-order valence-electron chi connectivity index (χ3n) is 1.96. The summed E-state index contributed by atoms with van der Waals surface area (Å²) >= 11 is 0. The molecule has 6 heteroatoms. The standard InChI is InChI=1S/C9H10N2O4/c1-5(12)6-3-4-7(15-2)9(8(6)10)11(13)14/h3-4H,10H2,1-2H3. The molecule has 0 spiro atoms. The molecular weight excluding hydrogens is 200 g/mol. The first-order valence-corrected chi connectivity index (χ1v) is 4.10. The van der Waals surface area contributed by atoms with Crippen LogP contribution in [0.3, 0.4) is 0 Å². The van der Waals surface area contributed by atoms with E-state index in [0.717, 1.165) is 0 Å². The molecule has 2 N–H and O–H groups in total. The number of rotatable bonds is 3. The lowest BCUT2D eigenvalue weighted by molar-refractivity contribution is -0.384. The highest BCUT2D eigenvalue weighted by molar-refractivity contribution is 6.01. The van der Waals surface area contributed by atoms with Crippen LogP contribution in [0, 0.1) is 10.1 Å². The maximum absolute atomic E-state index is 11.1. The summed E-state index contributed by atoms with van der Waals surface area (Å²) in [5.41, 5.74) is 5.12. The number of hydrogen-bond acceptors (Lipinski definition) is 5. The zero-order valence-corrected chi connectivity index (χ0v) is 8.31. The zero-order valence-electron chi connectivity index (χ0n) is 8.31. The van der Waals surface area contributed by atoms with E-state index >= 15 is 0 Å². The van der Waals surface area contributed by atoms with Crippen LogP contribution in [0.1, 0.15) is 17.3 Å². The highest BCUT2D eigenvalue weighted by atomic mass is 16.6. The maximum Gasteiger partial charge on any atom is 0.334 e. The van der Waals surface area contributed by atoms with Crippen molar-refractivity contribution in [2.75, 3.05) is 12.8 Å². The summed E-state index contributed by atoms with van der Waals surface area (Å²) in [6, 6.07) is 2.76. The topological polar surface area (TPSA) is 95.5 Å². The van der Waals surface area contributed by atoms with Gasteiger partial charge in [0.15, 0.2) is 11.5 Å². The largest absolute Gasteiger partial charge is 0.490 e. The Morgan fingerprint density at radius 2 is 2.13 bits per heavy atom. The smallest absolute Gasteiger partial charge is 0.334 e. The quantitative estimate of drug-likeness (QED) is 0.352. The van der Waals surface area contributed by atoms with Gasteiger partial charge in [-0.3, -0.25) is 14.9 Å². The van der Waals surface area contributed by atoms with Gasteiger partial charge in [0.2, 0.25) is 0 Å². The van der Waals surface area contributed by atoms with E-state index in [1.54, 1.807) is 0 Å². The molecule has 0 aliphatic carbocycles. The van der Waals surface area contributed by atoms with E-state index in [4.69, 9.17) is 10.5 Å². The Morgan fingerprint density at radius 1 is 1.53 bits per heavy atom. The first kappa shape index (κ1) is 11.0. The molecule has 0 saturated carbocycles. The molecule has 0 aromatic heterocycles. The molecule has 0 aliphatic heterocycles. The van der Waals surface area contributed by atoms with Crippen LogP contribution in [-0.2, 0) is 0 Å². The van der Waals surface area contributed by atoms with Gasteiger partial charge in [-0.05, 0) is 19.1 Å². The summed E-state index contributed by atoms with van der Waals surface area (Å²) in [5.74, 6) is -0.277. The summed E-state index contributed by atoms with van der Waals surface area (Å²) in [5, 5.41) is 10.7. The van der Waals surface area contributed by atoms with Gasteiger partial charge < -0.3 is 10.5 Å². The lowest BCUT2D eigenvalue weighted by Crippen LogP contribution is -2.05. The lowest BCUT2D eigenvalue weighted by Gasteiger charge is -2.06. The van der Waals surface area contributed by atoms with Crippen LogP contribution in [-0.4, -0.2) is 17.8 Å². The number of hydrogen-bond donors (Lipinski definition) is 1. The van der Waals surface area contributed by atoms with E-state index in [0.29, 0.717) is 0 Å². The van der Waals surface area contributed by atoms with Crippen molar-refractivity contribution in [2.24, 2.45) is 0 Å². The van der Waals surface area contributed by atoms with E-state index in [2.05, 4.69) is 0 Å². The SMILES string of the molecule is COc1ccc(C(C)=O)c(N)c1[N+](=O)[O-]. The number of nitrogen functional groups attached to an aromatic ring is 1. The van der Waals surface area contributed by atoms with Crippen LogP contribution in [0.2, 0.25) is 0 Å². The second-order valence-electron chi connectivity index (χ2n) is 2.89. The first-order chi connectivity index (χ1) is 6.99. The van der Waals surface area contributed by atoms with Crippen molar-refractivity contribution < 1.29 is 14.5 Å². The Kier molecular flexibility index (Phi) is 2.89. The molecule has 0 unspecified atom stereocenters. The Morgan fingerprint density at radius 3 is 2.53 bits per heavy atom. The highest BCUT2D eigenvalue weighted by Gasteiger charge is 2.23. The van der Waals surface area contributed by atoms with Crippen molar-refractivity contribution in [2.45, 2.75) is 6.92 Å². The second kappa shape index (κ2) is 3.95. The second-order valence-corrected chi connectivity index (χ2v) is 2.89. The normalized spacial score (nSPS) is 9.73. The Labute approximate surface area is 85.8 Å². The van der Waals surface area contributed by atoms with Gasteiger partial charge >= 0.3 is 5.69 Å². The summed E-state index contributed by atoms with van der Waals surface area (Å²) < 4.78 is 4.79. The maximum atomic E-state index is 11.1. The minimum Gasteiger partial charge on any atom is -0.490 e. The summed E-state index contributed by atoms with van der Waals surface area (Å²) in [6.07, 6.45) is 0. The molecule has 1 aromatic carbocycles. The monoisotopic (exact) mass is 210 g/mol. The van der Waals surface area contributed by atoms with Crippen molar-refractivity contribution in [3.63, 3.8) is 0 Å². The van der Waals surface area contributed by atoms with Gasteiger partial charge in [0.1, 0.15) is 5.69 Å². The average Bonchev–Trinajstić information content (AvgIpc) is 2.15. The third-order valence-corrected chi connectivity index (χ3v) is 1.96. The average molecular weight is 210 g/mol. The molecule has 6 nitrogen and oxygen atoms in total. The van der Waals surface area contributed by atoms with E-state index < -0.39 is 4.92 Å². The fourth-order valence-corrected chi connectivity index (χ4v) is 1.25. The van der Waals surface area contributed by atoms with E-state index in [1.165, 1.54) is 26.2 Å². The summed E-state index contributed by atoms with van der Waals surface area (Å²) in [6.45, 7) is 1.29. The van der Waals surface area contributed by atoms with Crippen molar-refractivity contribution in [1.29, 1.82) is 0 Å². The predicted octanol–water partition coefficient (Wildman–Crippen LogP) is 1.39. The third kappa shape index (κ3) is 1.88. The number of benzene rings is 1. The van der Waals surface area contributed by atoms with Crippen LogP contribution >= 0.6 is 0 Å². The molecular formula is C9H10N2O4. The number of carbonyl (C=O) groups excluding carboxylic acids is 1. The fourth-order valence-electron chi connectivity index (χ4n) is 1.25. The molecule has 80 valence electrons. The first-order valence-electron chi connectivity index (χ1n) is 4.10. The highest BCUT2D eigenvalue weighted by Crippen LogP contribution is 2.35. The summed E-state index contributed by atoms with van der Waals surface area (Å²) in [4.78, 5) is 21.1. The molecule has 0 aliphatic rings.